The molecule has 0 aromatic heterocycles. The van der Waals surface area contributed by atoms with Crippen LogP contribution in [0.25, 0.3) is 0 Å². The van der Waals surface area contributed by atoms with E-state index in [1.807, 2.05) is 0 Å². The van der Waals surface area contributed by atoms with Crippen molar-refractivity contribution in [1.82, 2.24) is 16.4 Å². The van der Waals surface area contributed by atoms with Crippen LogP contribution in [0.4, 0.5) is 0 Å². The van der Waals surface area contributed by atoms with Gasteiger partial charge in [0, 0.05) is 13.0 Å². The number of carbonyl (C=O) groups excluding carboxylic acids is 1. The fraction of sp³-hybridized carbons (Fsp3) is 0.750. The second-order valence-electron chi connectivity index (χ2n) is 1.70. The molecule has 0 bridgehead atoms. The third-order valence-corrected chi connectivity index (χ3v) is 0.996. The first-order valence-electron chi connectivity index (χ1n) is 2.66. The summed E-state index contributed by atoms with van der Waals surface area (Å²) in [6, 6.07) is 0. The molecule has 1 aliphatic rings. The van der Waals surface area contributed by atoms with Gasteiger partial charge in [0.1, 0.15) is 0 Å². The summed E-state index contributed by atoms with van der Waals surface area (Å²) in [5.74, 6) is 0.0509. The summed E-state index contributed by atoms with van der Waals surface area (Å²) in [4.78, 5) is 10.5. The Labute approximate surface area is 47.6 Å². The van der Waals surface area contributed by atoms with Gasteiger partial charge in [0.15, 0.2) is 0 Å². The highest BCUT2D eigenvalue weighted by Gasteiger charge is 2.02. The van der Waals surface area contributed by atoms with Crippen molar-refractivity contribution < 1.29 is 4.79 Å². The second-order valence-corrected chi connectivity index (χ2v) is 1.70. The molecule has 1 saturated heterocycles. The van der Waals surface area contributed by atoms with Crippen LogP contribution in [0, 0.1) is 0 Å². The highest BCUT2D eigenvalue weighted by molar-refractivity contribution is 5.75. The molecule has 3 N–H and O–H groups in total. The summed E-state index contributed by atoms with van der Waals surface area (Å²) in [6.07, 6.45) is 1.51. The summed E-state index contributed by atoms with van der Waals surface area (Å²) in [6.45, 7) is 0.846. The predicted octanol–water partition coefficient (Wildman–Crippen LogP) is -1.09. The molecule has 0 aromatic carbocycles. The number of nitrogens with one attached hydrogen (secondary N) is 3. The van der Waals surface area contributed by atoms with Crippen LogP contribution in [-0.4, -0.2) is 12.5 Å². The first kappa shape index (κ1) is 5.53. The summed E-state index contributed by atoms with van der Waals surface area (Å²) in [5.41, 5.74) is 7.79. The lowest BCUT2D eigenvalue weighted by atomic mass is 10.3. The molecule has 1 aliphatic heterocycles. The fourth-order valence-electron chi connectivity index (χ4n) is 0.576. The van der Waals surface area contributed by atoms with Crippen molar-refractivity contribution in [2.24, 2.45) is 0 Å². The van der Waals surface area contributed by atoms with Gasteiger partial charge in [-0.15, -0.1) is 0 Å². The Bertz CT molecular complexity index is 83.3. The lowest BCUT2D eigenvalue weighted by Gasteiger charge is -1.98. The zero-order valence-electron chi connectivity index (χ0n) is 4.53. The summed E-state index contributed by atoms with van der Waals surface area (Å²) < 4.78 is 0. The fourth-order valence-corrected chi connectivity index (χ4v) is 0.576. The van der Waals surface area contributed by atoms with Crippen molar-refractivity contribution in [2.45, 2.75) is 12.8 Å². The number of hydrogen-bond donors (Lipinski definition) is 3. The van der Waals surface area contributed by atoms with Crippen molar-refractivity contribution in [2.75, 3.05) is 6.54 Å². The van der Waals surface area contributed by atoms with Gasteiger partial charge in [-0.1, -0.05) is 0 Å². The topological polar surface area (TPSA) is 53.2 Å². The highest BCUT2D eigenvalue weighted by atomic mass is 16.2. The van der Waals surface area contributed by atoms with Gasteiger partial charge in [0.2, 0.25) is 5.91 Å². The lowest BCUT2D eigenvalue weighted by molar-refractivity contribution is -0.121. The summed E-state index contributed by atoms with van der Waals surface area (Å²) in [5, 5.41) is 0. The van der Waals surface area contributed by atoms with E-state index in [1.54, 1.807) is 0 Å². The SMILES string of the molecule is O=C1CCCNNN1. The molecular formula is C4H9N3O. The first-order valence-corrected chi connectivity index (χ1v) is 2.66. The molecule has 1 fully saturated rings. The molecule has 4 nitrogen and oxygen atoms in total. The van der Waals surface area contributed by atoms with Crippen LogP contribution in [0.3, 0.4) is 0 Å². The van der Waals surface area contributed by atoms with E-state index < -0.39 is 0 Å². The highest BCUT2D eigenvalue weighted by Crippen LogP contribution is 1.86. The maximum atomic E-state index is 10.5. The average molecular weight is 115 g/mol. The molecule has 0 saturated carbocycles. The van der Waals surface area contributed by atoms with E-state index >= 15 is 0 Å². The zero-order valence-corrected chi connectivity index (χ0v) is 4.53. The molecule has 1 rings (SSSR count). The predicted molar refractivity (Wildman–Crippen MR) is 28.5 cm³/mol. The molecule has 1 heterocycles. The zero-order chi connectivity index (χ0) is 5.82. The van der Waals surface area contributed by atoms with Crippen molar-refractivity contribution in [3.63, 3.8) is 0 Å². The number of rotatable bonds is 0. The minimum Gasteiger partial charge on any atom is -0.278 e. The Balaban J connectivity index is 2.27. The van der Waals surface area contributed by atoms with Gasteiger partial charge in [-0.2, -0.15) is 5.53 Å². The molecule has 0 atom stereocenters. The van der Waals surface area contributed by atoms with Gasteiger partial charge >= 0.3 is 0 Å². The van der Waals surface area contributed by atoms with Crippen LogP contribution >= 0.6 is 0 Å². The Kier molecular flexibility index (Phi) is 1.82. The third-order valence-electron chi connectivity index (χ3n) is 0.996. The van der Waals surface area contributed by atoms with Crippen molar-refractivity contribution in [1.29, 1.82) is 0 Å². The van der Waals surface area contributed by atoms with Crippen molar-refractivity contribution >= 4 is 5.91 Å². The molecule has 0 spiro atoms. The molecule has 0 unspecified atom stereocenters. The summed E-state index contributed by atoms with van der Waals surface area (Å²) in [7, 11) is 0. The Hall–Kier alpha value is -0.610. The number of carbonyl (C=O) groups is 1. The van der Waals surface area contributed by atoms with Gasteiger partial charge in [0.05, 0.1) is 0 Å². The van der Waals surface area contributed by atoms with Gasteiger partial charge in [-0.3, -0.25) is 10.2 Å². The van der Waals surface area contributed by atoms with Crippen LogP contribution in [0.5, 0.6) is 0 Å². The van der Waals surface area contributed by atoms with Crippen LogP contribution in [-0.2, 0) is 4.79 Å². The monoisotopic (exact) mass is 115 g/mol. The molecule has 0 aromatic rings. The van der Waals surface area contributed by atoms with Crippen LogP contribution in [0.1, 0.15) is 12.8 Å². The van der Waals surface area contributed by atoms with Gasteiger partial charge in [0.25, 0.3) is 0 Å². The van der Waals surface area contributed by atoms with Gasteiger partial charge < -0.3 is 0 Å². The molecule has 1 amide bonds. The van der Waals surface area contributed by atoms with Crippen LogP contribution in [0.15, 0.2) is 0 Å². The van der Waals surface area contributed by atoms with E-state index in [9.17, 15) is 4.79 Å². The van der Waals surface area contributed by atoms with Gasteiger partial charge in [-0.05, 0) is 6.42 Å². The molecule has 4 heteroatoms. The molecule has 46 valence electrons. The standard InChI is InChI=1S/C4H9N3O/c8-4-2-1-3-5-7-6-4/h5,7H,1-3H2,(H,6,8). The second kappa shape index (κ2) is 2.64. The van der Waals surface area contributed by atoms with E-state index in [1.165, 1.54) is 0 Å². The van der Waals surface area contributed by atoms with E-state index in [2.05, 4.69) is 16.4 Å². The lowest BCUT2D eigenvalue weighted by Crippen LogP contribution is -2.43. The third kappa shape index (κ3) is 1.48. The molecule has 8 heavy (non-hydrogen) atoms. The van der Waals surface area contributed by atoms with Crippen LogP contribution in [0.2, 0.25) is 0 Å². The average Bonchev–Trinajstić information content (AvgIpc) is 1.94. The molecular weight excluding hydrogens is 106 g/mol. The molecule has 0 aliphatic carbocycles. The number of hydrazine groups is 2. The van der Waals surface area contributed by atoms with Crippen molar-refractivity contribution in [3.8, 4) is 0 Å². The largest absolute Gasteiger partial charge is 0.278 e. The van der Waals surface area contributed by atoms with E-state index in [-0.39, 0.29) is 5.91 Å². The van der Waals surface area contributed by atoms with Gasteiger partial charge in [-0.25, -0.2) is 5.43 Å². The Morgan fingerprint density at radius 2 is 2.38 bits per heavy atom. The maximum Gasteiger partial charge on any atom is 0.235 e. The van der Waals surface area contributed by atoms with E-state index in [0.29, 0.717) is 6.42 Å². The normalized spacial score (nSPS) is 21.8. The van der Waals surface area contributed by atoms with E-state index in [4.69, 9.17) is 0 Å². The molecule has 0 radical (unpaired) electrons. The van der Waals surface area contributed by atoms with E-state index in [0.717, 1.165) is 13.0 Å². The minimum atomic E-state index is 0.0509. The maximum absolute atomic E-state index is 10.5. The first-order chi connectivity index (χ1) is 3.89. The number of hydrogen-bond acceptors (Lipinski definition) is 3. The Morgan fingerprint density at radius 1 is 1.50 bits per heavy atom. The smallest absolute Gasteiger partial charge is 0.235 e. The minimum absolute atomic E-state index is 0.0509. The number of amides is 1. The Morgan fingerprint density at radius 3 is 3.25 bits per heavy atom. The quantitative estimate of drug-likeness (QED) is 0.376. The van der Waals surface area contributed by atoms with Crippen LogP contribution < -0.4 is 16.4 Å². The van der Waals surface area contributed by atoms with Crippen molar-refractivity contribution in [3.05, 3.63) is 0 Å². The summed E-state index contributed by atoms with van der Waals surface area (Å²) >= 11 is 0.